The van der Waals surface area contributed by atoms with Gasteiger partial charge >= 0.3 is 0 Å². The summed E-state index contributed by atoms with van der Waals surface area (Å²) in [5.74, 6) is 0.747. The molecule has 1 fully saturated rings. The molecule has 0 radical (unpaired) electrons. The number of piperazine rings is 1. The molecule has 0 bridgehead atoms. The Balaban J connectivity index is 1.20. The minimum Gasteiger partial charge on any atom is -0.463 e. The summed E-state index contributed by atoms with van der Waals surface area (Å²) in [5.41, 5.74) is 1.90. The van der Waals surface area contributed by atoms with E-state index in [0.29, 0.717) is 37.0 Å². The van der Waals surface area contributed by atoms with Crippen molar-refractivity contribution in [3.05, 3.63) is 34.6 Å². The number of rotatable bonds is 9. The van der Waals surface area contributed by atoms with Crippen molar-refractivity contribution >= 4 is 22.5 Å². The zero-order valence-electron chi connectivity index (χ0n) is 18.5. The quantitative estimate of drug-likeness (QED) is 0.520. The van der Waals surface area contributed by atoms with Crippen LogP contribution in [0.15, 0.2) is 27.6 Å². The molecule has 9 nitrogen and oxygen atoms in total. The predicted octanol–water partition coefficient (Wildman–Crippen LogP) is 1.47. The number of aromatic nitrogens is 3. The van der Waals surface area contributed by atoms with E-state index in [9.17, 15) is 9.59 Å². The maximum Gasteiger partial charge on any atom is 0.291 e. The van der Waals surface area contributed by atoms with Gasteiger partial charge in [0.2, 0.25) is 5.91 Å². The predicted molar refractivity (Wildman–Crippen MR) is 119 cm³/mol. The Bertz CT molecular complexity index is 1090. The van der Waals surface area contributed by atoms with Crippen LogP contribution >= 0.6 is 0 Å². The Hall–Kier alpha value is -2.65. The van der Waals surface area contributed by atoms with E-state index >= 15 is 0 Å². The van der Waals surface area contributed by atoms with Crippen LogP contribution in [0.3, 0.4) is 0 Å². The molecule has 4 rings (SSSR count). The maximum absolute atomic E-state index is 12.8. The van der Waals surface area contributed by atoms with Crippen LogP contribution in [-0.2, 0) is 11.3 Å². The molecule has 1 saturated heterocycles. The van der Waals surface area contributed by atoms with Gasteiger partial charge in [0.1, 0.15) is 11.3 Å². The molecule has 0 saturated carbocycles. The topological polar surface area (TPSA) is 88.0 Å². The van der Waals surface area contributed by atoms with Crippen molar-refractivity contribution in [2.24, 2.45) is 0 Å². The van der Waals surface area contributed by atoms with E-state index in [4.69, 9.17) is 4.42 Å². The number of furan rings is 1. The van der Waals surface area contributed by atoms with Gasteiger partial charge in [-0.1, -0.05) is 6.92 Å². The van der Waals surface area contributed by atoms with Gasteiger partial charge in [-0.3, -0.25) is 14.0 Å². The number of amides is 1. The first-order valence-electron chi connectivity index (χ1n) is 11.2. The monoisotopic (exact) mass is 428 g/mol. The van der Waals surface area contributed by atoms with Crippen LogP contribution in [0, 0.1) is 6.92 Å². The molecule has 0 unspecified atom stereocenters. The molecule has 31 heavy (non-hydrogen) atoms. The molecule has 3 aromatic heterocycles. The summed E-state index contributed by atoms with van der Waals surface area (Å²) in [7, 11) is 0. The lowest BCUT2D eigenvalue weighted by Crippen LogP contribution is -2.46. The Morgan fingerprint density at radius 1 is 1.13 bits per heavy atom. The summed E-state index contributed by atoms with van der Waals surface area (Å²) in [6.07, 6.45) is 3.53. The molecular formula is C22H32N6O3. The van der Waals surface area contributed by atoms with Crippen LogP contribution in [0.25, 0.3) is 16.6 Å². The van der Waals surface area contributed by atoms with E-state index < -0.39 is 0 Å². The largest absolute Gasteiger partial charge is 0.463 e. The SMILES string of the molecule is CCN1CCN(CCCNC(=O)CCCn2nc(C)n3c(cc4occc43)c2=O)CC1. The van der Waals surface area contributed by atoms with Gasteiger partial charge in [-0.2, -0.15) is 5.10 Å². The molecule has 1 aliphatic heterocycles. The molecule has 9 heteroatoms. The number of nitrogens with one attached hydrogen (secondary N) is 1. The average molecular weight is 429 g/mol. The molecule has 0 aliphatic carbocycles. The van der Waals surface area contributed by atoms with Crippen molar-refractivity contribution < 1.29 is 9.21 Å². The molecule has 0 spiro atoms. The van der Waals surface area contributed by atoms with E-state index in [1.807, 2.05) is 17.4 Å². The van der Waals surface area contributed by atoms with Crippen LogP contribution in [-0.4, -0.2) is 75.7 Å². The van der Waals surface area contributed by atoms with Crippen molar-refractivity contribution in [1.82, 2.24) is 29.3 Å². The van der Waals surface area contributed by atoms with E-state index in [-0.39, 0.29) is 11.5 Å². The summed E-state index contributed by atoms with van der Waals surface area (Å²) in [6.45, 7) is 11.8. The number of carbonyl (C=O) groups is 1. The molecule has 0 aromatic carbocycles. The molecule has 1 N–H and O–H groups in total. The Morgan fingerprint density at radius 3 is 2.68 bits per heavy atom. The third kappa shape index (κ3) is 4.83. The fourth-order valence-electron chi connectivity index (χ4n) is 4.32. The van der Waals surface area contributed by atoms with Crippen LogP contribution in [0.4, 0.5) is 0 Å². The summed E-state index contributed by atoms with van der Waals surface area (Å²) in [5, 5.41) is 7.42. The zero-order valence-corrected chi connectivity index (χ0v) is 18.5. The van der Waals surface area contributed by atoms with Crippen LogP contribution in [0.1, 0.15) is 32.0 Å². The van der Waals surface area contributed by atoms with Crippen LogP contribution in [0.5, 0.6) is 0 Å². The van der Waals surface area contributed by atoms with Gasteiger partial charge in [-0.05, 0) is 32.9 Å². The first-order chi connectivity index (χ1) is 15.1. The highest BCUT2D eigenvalue weighted by atomic mass is 16.3. The summed E-state index contributed by atoms with van der Waals surface area (Å²) in [6, 6.07) is 3.58. The second kappa shape index (κ2) is 9.65. The van der Waals surface area contributed by atoms with Gasteiger partial charge in [-0.25, -0.2) is 4.68 Å². The third-order valence-corrected chi connectivity index (χ3v) is 6.12. The number of fused-ring (bicyclic) bond motifs is 3. The Kier molecular flexibility index (Phi) is 6.72. The second-order valence-electron chi connectivity index (χ2n) is 8.19. The van der Waals surface area contributed by atoms with E-state index in [2.05, 4.69) is 27.1 Å². The van der Waals surface area contributed by atoms with E-state index in [1.54, 1.807) is 12.3 Å². The van der Waals surface area contributed by atoms with Crippen molar-refractivity contribution in [3.63, 3.8) is 0 Å². The number of nitrogens with zero attached hydrogens (tertiary/aromatic N) is 5. The van der Waals surface area contributed by atoms with E-state index in [1.165, 1.54) is 4.68 Å². The molecule has 1 amide bonds. The minimum absolute atomic E-state index is 0.0295. The fraction of sp³-hybridized carbons (Fsp3) is 0.591. The third-order valence-electron chi connectivity index (χ3n) is 6.12. The van der Waals surface area contributed by atoms with Gasteiger partial charge in [0.15, 0.2) is 5.58 Å². The lowest BCUT2D eigenvalue weighted by atomic mass is 10.2. The maximum atomic E-state index is 12.8. The molecule has 3 aromatic rings. The van der Waals surface area contributed by atoms with Gasteiger partial charge in [0.25, 0.3) is 5.56 Å². The first-order valence-corrected chi connectivity index (χ1v) is 11.2. The van der Waals surface area contributed by atoms with E-state index in [0.717, 1.165) is 57.0 Å². The number of hydrogen-bond donors (Lipinski definition) is 1. The van der Waals surface area contributed by atoms with Gasteiger partial charge in [-0.15, -0.1) is 0 Å². The van der Waals surface area contributed by atoms with Crippen molar-refractivity contribution in [2.75, 3.05) is 45.8 Å². The highest BCUT2D eigenvalue weighted by Crippen LogP contribution is 2.19. The molecule has 0 atom stereocenters. The summed E-state index contributed by atoms with van der Waals surface area (Å²) in [4.78, 5) is 29.8. The zero-order chi connectivity index (χ0) is 21.8. The van der Waals surface area contributed by atoms with Crippen molar-refractivity contribution in [3.8, 4) is 0 Å². The van der Waals surface area contributed by atoms with Crippen LogP contribution < -0.4 is 10.9 Å². The molecule has 1 aliphatic rings. The average Bonchev–Trinajstić information content (AvgIpc) is 3.37. The second-order valence-corrected chi connectivity index (χ2v) is 8.19. The van der Waals surface area contributed by atoms with Gasteiger partial charge < -0.3 is 19.5 Å². The smallest absolute Gasteiger partial charge is 0.291 e. The Morgan fingerprint density at radius 2 is 1.90 bits per heavy atom. The highest BCUT2D eigenvalue weighted by molar-refractivity contribution is 5.82. The van der Waals surface area contributed by atoms with Crippen molar-refractivity contribution in [1.29, 1.82) is 0 Å². The minimum atomic E-state index is -0.166. The number of aryl methyl sites for hydroxylation is 2. The van der Waals surface area contributed by atoms with Gasteiger partial charge in [0, 0.05) is 57.8 Å². The summed E-state index contributed by atoms with van der Waals surface area (Å²) < 4.78 is 8.67. The Labute approximate surface area is 181 Å². The molecular weight excluding hydrogens is 396 g/mol. The number of likely N-dealkylation sites (N-methyl/N-ethyl adjacent to an activating group) is 1. The molecule has 168 valence electrons. The first kappa shape index (κ1) is 21.6. The van der Waals surface area contributed by atoms with Gasteiger partial charge in [0.05, 0.1) is 11.8 Å². The summed E-state index contributed by atoms with van der Waals surface area (Å²) >= 11 is 0. The lowest BCUT2D eigenvalue weighted by Gasteiger charge is -2.33. The number of hydrogen-bond acceptors (Lipinski definition) is 6. The lowest BCUT2D eigenvalue weighted by molar-refractivity contribution is -0.121. The normalized spacial score (nSPS) is 15.8. The fourth-order valence-corrected chi connectivity index (χ4v) is 4.32. The standard InChI is InChI=1S/C22H32N6O3/c1-3-25-11-13-26(14-12-25)9-5-8-23-21(29)6-4-10-27-22(30)19-16-20-18(7-15-31-20)28(19)17(2)24-27/h7,15-16H,3-6,8-14H2,1-2H3,(H,23,29). The highest BCUT2D eigenvalue weighted by Gasteiger charge is 2.15. The number of carbonyl (C=O) groups excluding carboxylic acids is 1. The van der Waals surface area contributed by atoms with Crippen molar-refractivity contribution in [2.45, 2.75) is 39.7 Å². The van der Waals surface area contributed by atoms with Crippen LogP contribution in [0.2, 0.25) is 0 Å². The molecule has 4 heterocycles.